The zero-order chi connectivity index (χ0) is 21.4. The molecule has 0 aliphatic heterocycles. The van der Waals surface area contributed by atoms with E-state index < -0.39 is 28.9 Å². The molecule has 0 amide bonds. The van der Waals surface area contributed by atoms with Crippen molar-refractivity contribution in [3.8, 4) is 5.69 Å². The molecule has 0 N–H and O–H groups in total. The van der Waals surface area contributed by atoms with Crippen LogP contribution in [0, 0.1) is 11.6 Å². The molecule has 4 rings (SSSR count). The predicted octanol–water partition coefficient (Wildman–Crippen LogP) is 2.31. The molecule has 0 bridgehead atoms. The van der Waals surface area contributed by atoms with E-state index in [2.05, 4.69) is 4.98 Å². The van der Waals surface area contributed by atoms with Gasteiger partial charge in [0.15, 0.2) is 11.2 Å². The number of hydrogen-bond acceptors (Lipinski definition) is 5. The summed E-state index contributed by atoms with van der Waals surface area (Å²) in [5.74, 6) is -2.33. The molecule has 0 radical (unpaired) electrons. The molecule has 1 aliphatic rings. The summed E-state index contributed by atoms with van der Waals surface area (Å²) in [6, 6.07) is 2.47. The van der Waals surface area contributed by atoms with Crippen molar-refractivity contribution in [3.05, 3.63) is 57.0 Å². The zero-order valence-electron chi connectivity index (χ0n) is 16.3. The van der Waals surface area contributed by atoms with Crippen LogP contribution in [0.15, 0.2) is 34.1 Å². The molecule has 10 heteroatoms. The minimum Gasteiger partial charge on any atom is -0.465 e. The first kappa shape index (κ1) is 20.0. The van der Waals surface area contributed by atoms with Crippen LogP contribution in [0.1, 0.15) is 38.6 Å². The van der Waals surface area contributed by atoms with E-state index in [1.165, 1.54) is 10.9 Å². The van der Waals surface area contributed by atoms with Gasteiger partial charge in [0.2, 0.25) is 0 Å². The molecular weight excluding hydrogens is 398 g/mol. The van der Waals surface area contributed by atoms with Gasteiger partial charge < -0.3 is 9.30 Å². The number of fused-ring (bicyclic) bond motifs is 1. The molecule has 8 nitrogen and oxygen atoms in total. The number of imidazole rings is 1. The highest BCUT2D eigenvalue weighted by atomic mass is 19.1. The van der Waals surface area contributed by atoms with Gasteiger partial charge in [-0.2, -0.15) is 0 Å². The highest BCUT2D eigenvalue weighted by molar-refractivity contribution is 5.76. The first-order valence-corrected chi connectivity index (χ1v) is 9.75. The third kappa shape index (κ3) is 3.31. The van der Waals surface area contributed by atoms with Crippen LogP contribution >= 0.6 is 0 Å². The van der Waals surface area contributed by atoms with Gasteiger partial charge in [-0.25, -0.2) is 23.1 Å². The first-order chi connectivity index (χ1) is 14.4. The molecule has 0 saturated heterocycles. The topological polar surface area (TPSA) is 88.1 Å². The van der Waals surface area contributed by atoms with Crippen molar-refractivity contribution in [2.45, 2.75) is 45.2 Å². The van der Waals surface area contributed by atoms with Crippen molar-refractivity contribution in [3.63, 3.8) is 0 Å². The van der Waals surface area contributed by atoms with E-state index in [-0.39, 0.29) is 36.0 Å². The van der Waals surface area contributed by atoms with Crippen molar-refractivity contribution < 1.29 is 18.3 Å². The molecule has 0 spiro atoms. The summed E-state index contributed by atoms with van der Waals surface area (Å²) in [5.41, 5.74) is -1.68. The summed E-state index contributed by atoms with van der Waals surface area (Å²) in [4.78, 5) is 42.6. The van der Waals surface area contributed by atoms with Crippen LogP contribution in [0.3, 0.4) is 0 Å². The van der Waals surface area contributed by atoms with E-state index in [0.717, 1.165) is 34.1 Å². The Morgan fingerprint density at radius 3 is 2.63 bits per heavy atom. The summed E-state index contributed by atoms with van der Waals surface area (Å²) < 4.78 is 36.3. The smallest absolute Gasteiger partial charge is 0.337 e. The second-order valence-electron chi connectivity index (χ2n) is 7.18. The SMILES string of the molecule is CCOC(=O)Cn1cnc2c1c(=O)n(C1CCCC1)c(=O)n2-c1ccc(F)cc1F. The minimum atomic E-state index is -0.963. The Bertz CT molecular complexity index is 1240. The van der Waals surface area contributed by atoms with E-state index >= 15 is 0 Å². The van der Waals surface area contributed by atoms with Gasteiger partial charge in [-0.15, -0.1) is 0 Å². The molecular formula is C20H20F2N4O4. The summed E-state index contributed by atoms with van der Waals surface area (Å²) >= 11 is 0. The lowest BCUT2D eigenvalue weighted by Crippen LogP contribution is -2.42. The van der Waals surface area contributed by atoms with Crippen molar-refractivity contribution in [2.75, 3.05) is 6.61 Å². The van der Waals surface area contributed by atoms with Crippen LogP contribution in [0.25, 0.3) is 16.9 Å². The number of esters is 1. The van der Waals surface area contributed by atoms with Gasteiger partial charge in [0, 0.05) is 12.1 Å². The molecule has 2 aromatic heterocycles. The number of ether oxygens (including phenoxy) is 1. The second-order valence-corrected chi connectivity index (χ2v) is 7.18. The molecule has 158 valence electrons. The molecule has 0 atom stereocenters. The normalized spacial score (nSPS) is 14.5. The van der Waals surface area contributed by atoms with Crippen molar-refractivity contribution >= 4 is 17.1 Å². The van der Waals surface area contributed by atoms with Crippen LogP contribution < -0.4 is 11.2 Å². The summed E-state index contributed by atoms with van der Waals surface area (Å²) in [6.45, 7) is 1.55. The quantitative estimate of drug-likeness (QED) is 0.594. The van der Waals surface area contributed by atoms with Gasteiger partial charge in [-0.05, 0) is 31.9 Å². The Morgan fingerprint density at radius 1 is 1.23 bits per heavy atom. The van der Waals surface area contributed by atoms with Crippen LogP contribution in [-0.2, 0) is 16.1 Å². The Kier molecular flexibility index (Phi) is 5.23. The molecule has 30 heavy (non-hydrogen) atoms. The highest BCUT2D eigenvalue weighted by Crippen LogP contribution is 2.28. The van der Waals surface area contributed by atoms with Crippen molar-refractivity contribution in [2.24, 2.45) is 0 Å². The average molecular weight is 418 g/mol. The molecule has 1 aliphatic carbocycles. The number of rotatable bonds is 5. The number of benzene rings is 1. The van der Waals surface area contributed by atoms with Crippen molar-refractivity contribution in [1.29, 1.82) is 0 Å². The van der Waals surface area contributed by atoms with E-state index in [0.29, 0.717) is 18.9 Å². The van der Waals surface area contributed by atoms with Crippen LogP contribution in [-0.4, -0.2) is 31.3 Å². The van der Waals surface area contributed by atoms with E-state index in [9.17, 15) is 23.2 Å². The third-order valence-electron chi connectivity index (χ3n) is 5.29. The number of carbonyl (C=O) groups excluding carboxylic acids is 1. The fourth-order valence-electron chi connectivity index (χ4n) is 3.98. The standard InChI is InChI=1S/C20H20F2N4O4/c1-2-30-16(27)10-24-11-23-18-17(24)19(28)25(13-5-3-4-6-13)20(29)26(18)15-8-7-12(21)9-14(15)22/h7-9,11,13H,2-6,10H2,1H3. The molecule has 2 heterocycles. The van der Waals surface area contributed by atoms with Crippen LogP contribution in [0.5, 0.6) is 0 Å². The van der Waals surface area contributed by atoms with Gasteiger partial charge in [-0.3, -0.25) is 14.2 Å². The van der Waals surface area contributed by atoms with Gasteiger partial charge >= 0.3 is 11.7 Å². The lowest BCUT2D eigenvalue weighted by Gasteiger charge is -2.17. The lowest BCUT2D eigenvalue weighted by molar-refractivity contribution is -0.143. The predicted molar refractivity (Wildman–Crippen MR) is 104 cm³/mol. The number of aromatic nitrogens is 4. The highest BCUT2D eigenvalue weighted by Gasteiger charge is 2.27. The molecule has 1 fully saturated rings. The monoisotopic (exact) mass is 418 g/mol. The summed E-state index contributed by atoms with van der Waals surface area (Å²) in [6.07, 6.45) is 4.24. The number of carbonyl (C=O) groups is 1. The Labute approximate surface area is 169 Å². The molecule has 1 aromatic carbocycles. The fourth-order valence-corrected chi connectivity index (χ4v) is 3.98. The van der Waals surface area contributed by atoms with Gasteiger partial charge in [0.05, 0.1) is 18.6 Å². The van der Waals surface area contributed by atoms with Crippen LogP contribution in [0.4, 0.5) is 8.78 Å². The number of nitrogens with zero attached hydrogens (tertiary/aromatic N) is 4. The lowest BCUT2D eigenvalue weighted by atomic mass is 10.2. The maximum atomic E-state index is 14.6. The Morgan fingerprint density at radius 2 is 1.97 bits per heavy atom. The fraction of sp³-hybridized carbons (Fsp3) is 0.400. The van der Waals surface area contributed by atoms with Crippen LogP contribution in [0.2, 0.25) is 0 Å². The van der Waals surface area contributed by atoms with E-state index in [4.69, 9.17) is 4.74 Å². The first-order valence-electron chi connectivity index (χ1n) is 9.75. The van der Waals surface area contributed by atoms with E-state index in [1.807, 2.05) is 0 Å². The van der Waals surface area contributed by atoms with Gasteiger partial charge in [0.25, 0.3) is 5.56 Å². The Hall–Kier alpha value is -3.30. The van der Waals surface area contributed by atoms with Gasteiger partial charge in [-0.1, -0.05) is 12.8 Å². The second kappa shape index (κ2) is 7.85. The summed E-state index contributed by atoms with van der Waals surface area (Å²) in [7, 11) is 0. The van der Waals surface area contributed by atoms with Gasteiger partial charge in [0.1, 0.15) is 18.2 Å². The average Bonchev–Trinajstić information content (AvgIpc) is 3.34. The molecule has 0 unspecified atom stereocenters. The molecule has 3 aromatic rings. The number of halogens is 2. The Balaban J connectivity index is 2.03. The zero-order valence-corrected chi connectivity index (χ0v) is 16.3. The largest absolute Gasteiger partial charge is 0.465 e. The minimum absolute atomic E-state index is 0.0155. The third-order valence-corrected chi connectivity index (χ3v) is 5.29. The van der Waals surface area contributed by atoms with E-state index in [1.54, 1.807) is 6.92 Å². The van der Waals surface area contributed by atoms with Crippen molar-refractivity contribution in [1.82, 2.24) is 18.7 Å². The summed E-state index contributed by atoms with van der Waals surface area (Å²) in [5, 5.41) is 0. The molecule has 1 saturated carbocycles. The maximum Gasteiger partial charge on any atom is 0.337 e. The number of hydrogen-bond donors (Lipinski definition) is 0. The maximum absolute atomic E-state index is 14.6.